The zero-order valence-electron chi connectivity index (χ0n) is 9.46. The Morgan fingerprint density at radius 2 is 2.25 bits per heavy atom. The zero-order chi connectivity index (χ0) is 12.1. The maximum Gasteiger partial charge on any atom is 0.303 e. The molecule has 16 heavy (non-hydrogen) atoms. The highest BCUT2D eigenvalue weighted by atomic mass is 79.9. The lowest BCUT2D eigenvalue weighted by Gasteiger charge is -2.16. The van der Waals surface area contributed by atoms with Crippen LogP contribution in [0.3, 0.4) is 0 Å². The summed E-state index contributed by atoms with van der Waals surface area (Å²) in [5.41, 5.74) is 2.21. The van der Waals surface area contributed by atoms with Gasteiger partial charge in [-0.1, -0.05) is 15.9 Å². The molecule has 4 heteroatoms. The standard InChI is InChI=1S/C12H16BrNO2/c1-8-7-10(13)4-5-11(8)14-9(2)3-6-12(15)16/h4-5,7,9,14H,3,6H2,1-2H3,(H,15,16). The molecule has 0 radical (unpaired) electrons. The summed E-state index contributed by atoms with van der Waals surface area (Å²) in [7, 11) is 0. The molecule has 0 aromatic heterocycles. The Morgan fingerprint density at radius 3 is 2.81 bits per heavy atom. The Labute approximate surface area is 104 Å². The van der Waals surface area contributed by atoms with Gasteiger partial charge in [0.25, 0.3) is 0 Å². The maximum absolute atomic E-state index is 10.4. The fourth-order valence-electron chi connectivity index (χ4n) is 1.47. The summed E-state index contributed by atoms with van der Waals surface area (Å²) in [5, 5.41) is 11.9. The quantitative estimate of drug-likeness (QED) is 0.872. The second kappa shape index (κ2) is 5.89. The molecule has 1 atom stereocenters. The third kappa shape index (κ3) is 4.23. The third-order valence-electron chi connectivity index (χ3n) is 2.38. The number of aryl methyl sites for hydroxylation is 1. The average Bonchev–Trinajstić information content (AvgIpc) is 2.19. The van der Waals surface area contributed by atoms with Gasteiger partial charge in [0.05, 0.1) is 0 Å². The minimum absolute atomic E-state index is 0.163. The first-order chi connectivity index (χ1) is 7.49. The smallest absolute Gasteiger partial charge is 0.303 e. The van der Waals surface area contributed by atoms with Crippen LogP contribution in [0.2, 0.25) is 0 Å². The molecule has 3 nitrogen and oxygen atoms in total. The predicted octanol–water partition coefficient (Wildman–Crippen LogP) is 3.42. The molecule has 0 aliphatic rings. The number of aliphatic carboxylic acids is 1. The summed E-state index contributed by atoms with van der Waals surface area (Å²) >= 11 is 3.41. The number of carboxylic acids is 1. The van der Waals surface area contributed by atoms with Crippen LogP contribution in [0.25, 0.3) is 0 Å². The van der Waals surface area contributed by atoms with E-state index in [-0.39, 0.29) is 12.5 Å². The number of nitrogens with one attached hydrogen (secondary N) is 1. The van der Waals surface area contributed by atoms with Crippen molar-refractivity contribution in [3.05, 3.63) is 28.2 Å². The summed E-state index contributed by atoms with van der Waals surface area (Å²) < 4.78 is 1.05. The largest absolute Gasteiger partial charge is 0.481 e. The van der Waals surface area contributed by atoms with E-state index in [0.29, 0.717) is 6.42 Å². The summed E-state index contributed by atoms with van der Waals surface area (Å²) in [5.74, 6) is -0.749. The number of halogens is 1. The van der Waals surface area contributed by atoms with E-state index in [9.17, 15) is 4.79 Å². The molecule has 88 valence electrons. The number of hydrogen-bond acceptors (Lipinski definition) is 2. The number of rotatable bonds is 5. The van der Waals surface area contributed by atoms with E-state index in [1.165, 1.54) is 0 Å². The van der Waals surface area contributed by atoms with Crippen LogP contribution in [-0.2, 0) is 4.79 Å². The van der Waals surface area contributed by atoms with E-state index in [1.54, 1.807) is 0 Å². The van der Waals surface area contributed by atoms with Crippen LogP contribution in [0.1, 0.15) is 25.3 Å². The van der Waals surface area contributed by atoms with Crippen LogP contribution < -0.4 is 5.32 Å². The highest BCUT2D eigenvalue weighted by molar-refractivity contribution is 9.10. The SMILES string of the molecule is Cc1cc(Br)ccc1NC(C)CCC(=O)O. The topological polar surface area (TPSA) is 49.3 Å². The molecule has 1 aromatic rings. The molecule has 0 saturated carbocycles. The Kier molecular flexibility index (Phi) is 4.80. The molecule has 0 aliphatic carbocycles. The molecule has 0 heterocycles. The lowest BCUT2D eigenvalue weighted by atomic mass is 10.1. The van der Waals surface area contributed by atoms with Gasteiger partial charge in [0.2, 0.25) is 0 Å². The van der Waals surface area contributed by atoms with Gasteiger partial charge >= 0.3 is 5.97 Å². The van der Waals surface area contributed by atoms with E-state index in [4.69, 9.17) is 5.11 Å². The van der Waals surface area contributed by atoms with Crippen molar-refractivity contribution in [2.45, 2.75) is 32.7 Å². The normalized spacial score (nSPS) is 12.2. The maximum atomic E-state index is 10.4. The van der Waals surface area contributed by atoms with Gasteiger partial charge in [-0.25, -0.2) is 0 Å². The van der Waals surface area contributed by atoms with Crippen molar-refractivity contribution in [3.63, 3.8) is 0 Å². The second-order valence-electron chi connectivity index (χ2n) is 3.94. The van der Waals surface area contributed by atoms with Crippen molar-refractivity contribution >= 4 is 27.6 Å². The predicted molar refractivity (Wildman–Crippen MR) is 68.8 cm³/mol. The molecule has 0 fully saturated rings. The first kappa shape index (κ1) is 13.0. The van der Waals surface area contributed by atoms with Crippen molar-refractivity contribution in [2.24, 2.45) is 0 Å². The molecule has 1 unspecified atom stereocenters. The molecule has 0 aliphatic heterocycles. The van der Waals surface area contributed by atoms with Gasteiger partial charge in [-0.2, -0.15) is 0 Å². The van der Waals surface area contributed by atoms with E-state index >= 15 is 0 Å². The molecule has 1 rings (SSSR count). The average molecular weight is 286 g/mol. The van der Waals surface area contributed by atoms with Gasteiger partial charge in [0.15, 0.2) is 0 Å². The van der Waals surface area contributed by atoms with E-state index in [1.807, 2.05) is 32.0 Å². The Bertz CT molecular complexity index is 379. The van der Waals surface area contributed by atoms with Gasteiger partial charge in [0, 0.05) is 22.6 Å². The molecular formula is C12H16BrNO2. The zero-order valence-corrected chi connectivity index (χ0v) is 11.0. The molecule has 0 saturated heterocycles. The molecule has 0 amide bonds. The Morgan fingerprint density at radius 1 is 1.56 bits per heavy atom. The molecule has 1 aromatic carbocycles. The first-order valence-corrected chi connectivity index (χ1v) is 6.03. The van der Waals surface area contributed by atoms with Crippen LogP contribution in [0.5, 0.6) is 0 Å². The number of anilines is 1. The van der Waals surface area contributed by atoms with Gasteiger partial charge in [-0.3, -0.25) is 4.79 Å². The lowest BCUT2D eigenvalue weighted by Crippen LogP contribution is -2.17. The van der Waals surface area contributed by atoms with Crippen molar-refractivity contribution in [1.82, 2.24) is 0 Å². The number of carbonyl (C=O) groups is 1. The summed E-state index contributed by atoms with van der Waals surface area (Å²) in [6.45, 7) is 4.02. The lowest BCUT2D eigenvalue weighted by molar-refractivity contribution is -0.137. The van der Waals surface area contributed by atoms with Crippen LogP contribution in [0.4, 0.5) is 5.69 Å². The summed E-state index contributed by atoms with van der Waals surface area (Å²) in [4.78, 5) is 10.4. The van der Waals surface area contributed by atoms with Crippen LogP contribution in [0.15, 0.2) is 22.7 Å². The van der Waals surface area contributed by atoms with Crippen molar-refractivity contribution in [1.29, 1.82) is 0 Å². The highest BCUT2D eigenvalue weighted by Crippen LogP contribution is 2.21. The van der Waals surface area contributed by atoms with Crippen LogP contribution in [0, 0.1) is 6.92 Å². The number of hydrogen-bond donors (Lipinski definition) is 2. The molecule has 0 spiro atoms. The molecule has 2 N–H and O–H groups in total. The summed E-state index contributed by atoms with van der Waals surface area (Å²) in [6, 6.07) is 6.17. The van der Waals surface area contributed by atoms with Crippen molar-refractivity contribution in [3.8, 4) is 0 Å². The minimum Gasteiger partial charge on any atom is -0.481 e. The van der Waals surface area contributed by atoms with Gasteiger partial charge in [-0.15, -0.1) is 0 Å². The molecule has 0 bridgehead atoms. The van der Waals surface area contributed by atoms with Crippen molar-refractivity contribution < 1.29 is 9.90 Å². The van der Waals surface area contributed by atoms with Crippen LogP contribution in [-0.4, -0.2) is 17.1 Å². The fraction of sp³-hybridized carbons (Fsp3) is 0.417. The molecular weight excluding hydrogens is 270 g/mol. The van der Waals surface area contributed by atoms with Crippen molar-refractivity contribution in [2.75, 3.05) is 5.32 Å². The van der Waals surface area contributed by atoms with E-state index < -0.39 is 5.97 Å². The third-order valence-corrected chi connectivity index (χ3v) is 2.87. The van der Waals surface area contributed by atoms with E-state index in [0.717, 1.165) is 15.7 Å². The van der Waals surface area contributed by atoms with Gasteiger partial charge in [-0.05, 0) is 44.0 Å². The number of carboxylic acid groups (broad SMARTS) is 1. The Hall–Kier alpha value is -1.03. The highest BCUT2D eigenvalue weighted by Gasteiger charge is 2.06. The minimum atomic E-state index is -0.749. The number of benzene rings is 1. The summed E-state index contributed by atoms with van der Waals surface area (Å²) in [6.07, 6.45) is 0.828. The van der Waals surface area contributed by atoms with E-state index in [2.05, 4.69) is 21.2 Å². The first-order valence-electron chi connectivity index (χ1n) is 5.23. The second-order valence-corrected chi connectivity index (χ2v) is 4.85. The van der Waals surface area contributed by atoms with Gasteiger partial charge in [0.1, 0.15) is 0 Å². The van der Waals surface area contributed by atoms with Crippen LogP contribution >= 0.6 is 15.9 Å². The fourth-order valence-corrected chi connectivity index (χ4v) is 1.94. The van der Waals surface area contributed by atoms with Gasteiger partial charge < -0.3 is 10.4 Å². The Balaban J connectivity index is 2.55. The monoisotopic (exact) mass is 285 g/mol.